The Morgan fingerprint density at radius 1 is 1.18 bits per heavy atom. The number of nitrogens with one attached hydrogen (secondary N) is 2. The highest BCUT2D eigenvalue weighted by Crippen LogP contribution is 2.37. The number of piperidine rings is 2. The molecule has 3 aliphatic rings. The monoisotopic (exact) mass is 455 g/mol. The van der Waals surface area contributed by atoms with Gasteiger partial charge in [-0.2, -0.15) is 10.1 Å². The molecule has 178 valence electrons. The Morgan fingerprint density at radius 2 is 1.97 bits per heavy atom. The number of fused-ring (bicyclic) bond motifs is 2. The van der Waals surface area contributed by atoms with E-state index in [2.05, 4.69) is 27.5 Å². The molecule has 33 heavy (non-hydrogen) atoms. The molecule has 0 saturated carbocycles. The Balaban J connectivity index is 1.40. The molecule has 0 radical (unpaired) electrons. The maximum absolute atomic E-state index is 12.4. The highest BCUT2D eigenvalue weighted by Gasteiger charge is 2.43. The van der Waals surface area contributed by atoms with Crippen molar-refractivity contribution in [2.24, 2.45) is 0 Å². The first-order valence-corrected chi connectivity index (χ1v) is 11.9. The quantitative estimate of drug-likeness (QED) is 0.703. The van der Waals surface area contributed by atoms with Crippen LogP contribution in [0.3, 0.4) is 0 Å². The number of H-pyrrole nitrogens is 1. The summed E-state index contributed by atoms with van der Waals surface area (Å²) >= 11 is 0. The van der Waals surface area contributed by atoms with Gasteiger partial charge in [-0.15, -0.1) is 0 Å². The maximum atomic E-state index is 12.4. The van der Waals surface area contributed by atoms with E-state index < -0.39 is 0 Å². The van der Waals surface area contributed by atoms with Crippen molar-refractivity contribution in [1.82, 2.24) is 25.1 Å². The van der Waals surface area contributed by atoms with Gasteiger partial charge in [-0.05, 0) is 51.9 Å². The second kappa shape index (κ2) is 9.17. The molecular formula is C23H33N7O3. The van der Waals surface area contributed by atoms with E-state index in [0.29, 0.717) is 11.8 Å². The number of amides is 1. The Labute approximate surface area is 194 Å². The lowest BCUT2D eigenvalue weighted by Gasteiger charge is -2.49. The van der Waals surface area contributed by atoms with E-state index in [1.54, 1.807) is 0 Å². The maximum Gasteiger partial charge on any atom is 0.409 e. The van der Waals surface area contributed by atoms with Gasteiger partial charge < -0.3 is 24.6 Å². The van der Waals surface area contributed by atoms with Crippen LogP contribution in [0.1, 0.15) is 62.4 Å². The van der Waals surface area contributed by atoms with Crippen LogP contribution in [-0.4, -0.2) is 70.0 Å². The summed E-state index contributed by atoms with van der Waals surface area (Å²) in [7, 11) is 3.53. The van der Waals surface area contributed by atoms with Gasteiger partial charge in [-0.3, -0.25) is 5.10 Å². The van der Waals surface area contributed by atoms with E-state index >= 15 is 0 Å². The fourth-order valence-corrected chi connectivity index (χ4v) is 5.50. The van der Waals surface area contributed by atoms with Gasteiger partial charge in [0.2, 0.25) is 5.95 Å². The Kier molecular flexibility index (Phi) is 6.09. The molecule has 0 aliphatic carbocycles. The molecule has 5 rings (SSSR count). The van der Waals surface area contributed by atoms with Gasteiger partial charge in [0.15, 0.2) is 5.82 Å². The van der Waals surface area contributed by atoms with Crippen molar-refractivity contribution < 1.29 is 14.3 Å². The van der Waals surface area contributed by atoms with Gasteiger partial charge in [-0.25, -0.2) is 9.78 Å². The normalized spacial score (nSPS) is 26.8. The fraction of sp³-hybridized carbons (Fsp3) is 0.652. The summed E-state index contributed by atoms with van der Waals surface area (Å²) in [6.07, 6.45) is 6.73. The minimum absolute atomic E-state index is 0.0119. The summed E-state index contributed by atoms with van der Waals surface area (Å²) in [5.41, 5.74) is 1.87. The van der Waals surface area contributed by atoms with Crippen LogP contribution in [0.5, 0.6) is 0 Å². The number of aryl methyl sites for hydroxylation is 1. The van der Waals surface area contributed by atoms with Crippen LogP contribution in [0.15, 0.2) is 12.1 Å². The zero-order valence-corrected chi connectivity index (χ0v) is 19.6. The highest BCUT2D eigenvalue weighted by atomic mass is 16.5. The van der Waals surface area contributed by atoms with Crippen molar-refractivity contribution in [1.29, 1.82) is 0 Å². The zero-order valence-electron chi connectivity index (χ0n) is 19.6. The smallest absolute Gasteiger partial charge is 0.409 e. The summed E-state index contributed by atoms with van der Waals surface area (Å²) in [5, 5.41) is 10.5. The van der Waals surface area contributed by atoms with Crippen LogP contribution in [0.4, 0.5) is 22.4 Å². The minimum atomic E-state index is -0.205. The number of methoxy groups -OCH3 is 1. The molecule has 4 atom stereocenters. The van der Waals surface area contributed by atoms with E-state index in [1.165, 1.54) is 7.11 Å². The number of ether oxygens (including phenoxy) is 2. The van der Waals surface area contributed by atoms with Gasteiger partial charge in [0.25, 0.3) is 0 Å². The van der Waals surface area contributed by atoms with Gasteiger partial charge in [-0.1, -0.05) is 0 Å². The fourth-order valence-electron chi connectivity index (χ4n) is 5.50. The summed E-state index contributed by atoms with van der Waals surface area (Å²) in [4.78, 5) is 26.3. The molecule has 1 amide bonds. The molecule has 0 aromatic carbocycles. The molecule has 3 aliphatic heterocycles. The molecule has 0 spiro atoms. The number of carbonyl (C=O) groups is 1. The first kappa shape index (κ1) is 21.9. The molecule has 2 aromatic heterocycles. The molecule has 10 nitrogen and oxygen atoms in total. The largest absolute Gasteiger partial charge is 0.453 e. The number of rotatable bonds is 5. The first-order chi connectivity index (χ1) is 16.0. The van der Waals surface area contributed by atoms with Crippen molar-refractivity contribution >= 4 is 23.7 Å². The summed E-state index contributed by atoms with van der Waals surface area (Å²) in [6, 6.07) is 4.56. The Morgan fingerprint density at radius 3 is 2.61 bits per heavy atom. The van der Waals surface area contributed by atoms with Crippen LogP contribution >= 0.6 is 0 Å². The Hall–Kier alpha value is -2.88. The second-order valence-electron chi connectivity index (χ2n) is 9.39. The highest BCUT2D eigenvalue weighted by molar-refractivity contribution is 5.68. The topological polar surface area (TPSA) is 109 Å². The van der Waals surface area contributed by atoms with E-state index in [4.69, 9.17) is 19.4 Å². The summed E-state index contributed by atoms with van der Waals surface area (Å²) < 4.78 is 11.0. The molecule has 2 N–H and O–H groups in total. The third-order valence-corrected chi connectivity index (χ3v) is 7.15. The summed E-state index contributed by atoms with van der Waals surface area (Å²) in [5.74, 6) is 2.10. The van der Waals surface area contributed by atoms with Crippen molar-refractivity contribution in [2.75, 3.05) is 31.0 Å². The zero-order chi connectivity index (χ0) is 22.9. The SMILES string of the molecule is COC(=O)N1[C@@H]2CCC[C@H]1C[C@H](N(C)c1nc(Nc3cc(C)[nH]n3)cc(C3CCCO3)n1)C2. The lowest BCUT2D eigenvalue weighted by Crippen LogP contribution is -2.58. The number of nitrogens with zero attached hydrogens (tertiary/aromatic N) is 5. The van der Waals surface area contributed by atoms with Crippen LogP contribution in [0, 0.1) is 6.92 Å². The van der Waals surface area contributed by atoms with E-state index in [0.717, 1.165) is 68.8 Å². The number of carbonyl (C=O) groups excluding carboxylic acids is 1. The Bertz CT molecular complexity index is 976. The van der Waals surface area contributed by atoms with Gasteiger partial charge in [0, 0.05) is 49.6 Å². The molecule has 3 saturated heterocycles. The van der Waals surface area contributed by atoms with Crippen molar-refractivity contribution in [3.63, 3.8) is 0 Å². The van der Waals surface area contributed by atoms with E-state index in [-0.39, 0.29) is 30.3 Å². The molecule has 10 heteroatoms. The third-order valence-electron chi connectivity index (χ3n) is 7.15. The number of hydrogen-bond acceptors (Lipinski definition) is 8. The second-order valence-corrected chi connectivity index (χ2v) is 9.39. The lowest BCUT2D eigenvalue weighted by atomic mass is 9.81. The molecule has 1 unspecified atom stereocenters. The molecule has 2 bridgehead atoms. The molecule has 3 fully saturated rings. The van der Waals surface area contributed by atoms with E-state index in [9.17, 15) is 4.79 Å². The predicted molar refractivity (Wildman–Crippen MR) is 124 cm³/mol. The van der Waals surface area contributed by atoms with Gasteiger partial charge in [0.05, 0.1) is 18.9 Å². The first-order valence-electron chi connectivity index (χ1n) is 11.9. The standard InChI is InChI=1S/C23H33N7O3/c1-14-10-21(28-27-14)25-20-13-18(19-8-5-9-33-19)24-22(26-20)29(2)17-11-15-6-4-7-16(12-17)30(15)23(31)32-3/h10,13,15-17,19H,4-9,11-12H2,1-3H3,(H2,24,25,26,27,28)/t15-,16+,17-,19?. The van der Waals surface area contributed by atoms with Crippen LogP contribution < -0.4 is 10.2 Å². The van der Waals surface area contributed by atoms with Crippen LogP contribution in [0.25, 0.3) is 0 Å². The third kappa shape index (κ3) is 4.48. The molecule has 2 aromatic rings. The number of aromatic amines is 1. The predicted octanol–water partition coefficient (Wildman–Crippen LogP) is 3.69. The number of aromatic nitrogens is 4. The van der Waals surface area contributed by atoms with Crippen LogP contribution in [-0.2, 0) is 9.47 Å². The molecule has 5 heterocycles. The van der Waals surface area contributed by atoms with Gasteiger partial charge >= 0.3 is 6.09 Å². The lowest BCUT2D eigenvalue weighted by molar-refractivity contribution is 0.0260. The van der Waals surface area contributed by atoms with Crippen molar-refractivity contribution in [2.45, 2.75) is 76.1 Å². The summed E-state index contributed by atoms with van der Waals surface area (Å²) in [6.45, 7) is 2.73. The number of anilines is 3. The number of hydrogen-bond donors (Lipinski definition) is 2. The van der Waals surface area contributed by atoms with Crippen molar-refractivity contribution in [3.05, 3.63) is 23.5 Å². The average molecular weight is 456 g/mol. The van der Waals surface area contributed by atoms with E-state index in [1.807, 2.05) is 24.0 Å². The van der Waals surface area contributed by atoms with Crippen molar-refractivity contribution in [3.8, 4) is 0 Å². The minimum Gasteiger partial charge on any atom is -0.453 e. The molecular weight excluding hydrogens is 422 g/mol. The van der Waals surface area contributed by atoms with Crippen LogP contribution in [0.2, 0.25) is 0 Å². The average Bonchev–Trinajstić information content (AvgIpc) is 3.49. The van der Waals surface area contributed by atoms with Gasteiger partial charge in [0.1, 0.15) is 5.82 Å².